The van der Waals surface area contributed by atoms with Gasteiger partial charge in [0.1, 0.15) is 0 Å². The predicted molar refractivity (Wildman–Crippen MR) is 34.9 cm³/mol. The van der Waals surface area contributed by atoms with E-state index in [1.165, 1.54) is 0 Å². The van der Waals surface area contributed by atoms with E-state index in [4.69, 9.17) is 19.4 Å². The molecule has 0 aliphatic rings. The monoisotopic (exact) mass is 216 g/mol. The van der Waals surface area contributed by atoms with E-state index >= 15 is 0 Å². The Morgan fingerprint density at radius 1 is 1.56 bits per heavy atom. The van der Waals surface area contributed by atoms with Crippen LogP contribution in [-0.4, -0.2) is 9.55 Å². The molecule has 1 aromatic rings. The standard InChI is InChI=1S/C4H6N2.2ClH.Zn/c1-6-3-2-5-4-6;;;/h2-4H,1H3;2*1H;/q;;;+2/p-2. The van der Waals surface area contributed by atoms with Gasteiger partial charge in [-0.25, -0.2) is 4.98 Å². The third-order valence-electron chi connectivity index (χ3n) is 0.637. The van der Waals surface area contributed by atoms with Crippen molar-refractivity contribution in [1.29, 1.82) is 0 Å². The van der Waals surface area contributed by atoms with Crippen LogP contribution in [0.25, 0.3) is 0 Å². The molecule has 0 saturated heterocycles. The molecule has 0 radical (unpaired) electrons. The van der Waals surface area contributed by atoms with Crippen LogP contribution in [-0.2, 0) is 22.2 Å². The molecule has 0 bridgehead atoms. The zero-order valence-electron chi connectivity index (χ0n) is 5.09. The minimum atomic E-state index is -0.931. The Labute approximate surface area is 69.9 Å². The van der Waals surface area contributed by atoms with Gasteiger partial charge in [0.15, 0.2) is 0 Å². The molecule has 0 aliphatic heterocycles. The van der Waals surface area contributed by atoms with Crippen LogP contribution in [0.15, 0.2) is 18.7 Å². The maximum absolute atomic E-state index is 4.95. The van der Waals surface area contributed by atoms with Gasteiger partial charge in [-0.2, -0.15) is 0 Å². The van der Waals surface area contributed by atoms with Crippen LogP contribution in [0.1, 0.15) is 0 Å². The summed E-state index contributed by atoms with van der Waals surface area (Å²) in [6.45, 7) is 0. The van der Waals surface area contributed by atoms with Crippen LogP contribution in [0.3, 0.4) is 0 Å². The second kappa shape index (κ2) is 6.53. The Bertz CT molecular complexity index is 131. The van der Waals surface area contributed by atoms with Crippen molar-refractivity contribution in [1.82, 2.24) is 9.55 Å². The van der Waals surface area contributed by atoms with Gasteiger partial charge in [0.05, 0.1) is 6.33 Å². The number of hydrogen-bond donors (Lipinski definition) is 0. The fraction of sp³-hybridized carbons (Fsp3) is 0.250. The van der Waals surface area contributed by atoms with Crippen LogP contribution >= 0.6 is 19.4 Å². The fourth-order valence-electron chi connectivity index (χ4n) is 0.326. The topological polar surface area (TPSA) is 17.8 Å². The molecule has 0 N–H and O–H groups in total. The average molecular weight is 218 g/mol. The van der Waals surface area contributed by atoms with Gasteiger partial charge in [0, 0.05) is 19.4 Å². The van der Waals surface area contributed by atoms with Crippen molar-refractivity contribution in [2.75, 3.05) is 0 Å². The summed E-state index contributed by atoms with van der Waals surface area (Å²) in [5.74, 6) is 0. The number of aromatic nitrogens is 2. The van der Waals surface area contributed by atoms with Crippen molar-refractivity contribution < 1.29 is 15.1 Å². The Morgan fingerprint density at radius 2 is 2.11 bits per heavy atom. The predicted octanol–water partition coefficient (Wildman–Crippen LogP) is 1.80. The van der Waals surface area contributed by atoms with E-state index in [1.807, 2.05) is 17.8 Å². The first-order valence-corrected chi connectivity index (χ1v) is 10.1. The van der Waals surface area contributed by atoms with E-state index in [2.05, 4.69) is 4.98 Å². The Balaban J connectivity index is 0.000000187. The summed E-state index contributed by atoms with van der Waals surface area (Å²) in [7, 11) is 11.8. The zero-order valence-corrected chi connectivity index (χ0v) is 9.57. The molecule has 2 nitrogen and oxygen atoms in total. The normalized spacial score (nSPS) is 7.00. The van der Waals surface area contributed by atoms with Crippen molar-refractivity contribution in [3.63, 3.8) is 0 Å². The second-order valence-corrected chi connectivity index (χ2v) is 5.95. The number of aryl methyl sites for hydroxylation is 1. The summed E-state index contributed by atoms with van der Waals surface area (Å²) in [6, 6.07) is 0. The van der Waals surface area contributed by atoms with E-state index in [9.17, 15) is 0 Å². The molecule has 9 heavy (non-hydrogen) atoms. The number of imidazole rings is 1. The Morgan fingerprint density at radius 3 is 2.22 bits per heavy atom. The van der Waals surface area contributed by atoms with Crippen LogP contribution in [0.5, 0.6) is 0 Å². The summed E-state index contributed by atoms with van der Waals surface area (Å²) in [4.78, 5) is 3.78. The molecule has 0 aromatic carbocycles. The molecule has 0 fully saturated rings. The first-order valence-electron chi connectivity index (χ1n) is 2.35. The molecular formula is C4H6Cl2N2Zn. The molecule has 1 aromatic heterocycles. The minimum absolute atomic E-state index is 0.931. The second-order valence-electron chi connectivity index (χ2n) is 1.33. The molecule has 0 atom stereocenters. The third-order valence-corrected chi connectivity index (χ3v) is 0.637. The molecule has 0 aliphatic carbocycles. The fourth-order valence-corrected chi connectivity index (χ4v) is 0.326. The van der Waals surface area contributed by atoms with Crippen molar-refractivity contribution in [3.05, 3.63) is 18.7 Å². The number of rotatable bonds is 0. The van der Waals surface area contributed by atoms with Gasteiger partial charge in [-0.3, -0.25) is 0 Å². The molecule has 1 heterocycles. The van der Waals surface area contributed by atoms with E-state index < -0.39 is 15.1 Å². The molecule has 0 amide bonds. The van der Waals surface area contributed by atoms with Gasteiger partial charge in [-0.15, -0.1) is 0 Å². The molecule has 1 rings (SSSR count). The van der Waals surface area contributed by atoms with Crippen LogP contribution in [0.4, 0.5) is 0 Å². The van der Waals surface area contributed by atoms with Crippen molar-refractivity contribution in [3.8, 4) is 0 Å². The van der Waals surface area contributed by atoms with Gasteiger partial charge < -0.3 is 4.57 Å². The molecule has 0 spiro atoms. The first kappa shape index (κ1) is 9.41. The summed E-state index contributed by atoms with van der Waals surface area (Å²) < 4.78 is 1.89. The maximum atomic E-state index is 4.95. The van der Waals surface area contributed by atoms with Crippen molar-refractivity contribution in [2.24, 2.45) is 7.05 Å². The van der Waals surface area contributed by atoms with Crippen LogP contribution < -0.4 is 0 Å². The zero-order chi connectivity index (χ0) is 7.11. The third kappa shape index (κ3) is 6.30. The van der Waals surface area contributed by atoms with Gasteiger partial charge >= 0.3 is 34.5 Å². The molecule has 48 valence electrons. The van der Waals surface area contributed by atoms with E-state index in [0.717, 1.165) is 0 Å². The Hall–Kier alpha value is 0.413. The van der Waals surface area contributed by atoms with Gasteiger partial charge in [0.25, 0.3) is 0 Å². The van der Waals surface area contributed by atoms with Crippen LogP contribution in [0, 0.1) is 0 Å². The first-order chi connectivity index (χ1) is 4.31. The number of nitrogens with zero attached hydrogens (tertiary/aromatic N) is 2. The Kier molecular flexibility index (Phi) is 6.83. The van der Waals surface area contributed by atoms with Gasteiger partial charge in [0.2, 0.25) is 0 Å². The number of halogens is 2. The van der Waals surface area contributed by atoms with Gasteiger partial charge in [-0.1, -0.05) is 0 Å². The number of hydrogen-bond acceptors (Lipinski definition) is 1. The van der Waals surface area contributed by atoms with Crippen molar-refractivity contribution >= 4 is 19.4 Å². The SMILES string of the molecule is Cn1ccnc1.[Cl][Zn][Cl]. The van der Waals surface area contributed by atoms with Gasteiger partial charge in [-0.05, 0) is 0 Å². The molecular weight excluding hydrogens is 212 g/mol. The summed E-state index contributed by atoms with van der Waals surface area (Å²) in [5, 5.41) is 0. The summed E-state index contributed by atoms with van der Waals surface area (Å²) >= 11 is -0.931. The molecule has 0 saturated carbocycles. The average Bonchev–Trinajstić information content (AvgIpc) is 2.20. The van der Waals surface area contributed by atoms with E-state index in [-0.39, 0.29) is 0 Å². The van der Waals surface area contributed by atoms with E-state index in [1.54, 1.807) is 12.5 Å². The molecule has 0 unspecified atom stereocenters. The van der Waals surface area contributed by atoms with Crippen LogP contribution in [0.2, 0.25) is 0 Å². The molecule has 5 heteroatoms. The quantitative estimate of drug-likeness (QED) is 0.607. The van der Waals surface area contributed by atoms with Crippen molar-refractivity contribution in [2.45, 2.75) is 0 Å². The van der Waals surface area contributed by atoms with E-state index in [0.29, 0.717) is 0 Å². The summed E-state index contributed by atoms with van der Waals surface area (Å²) in [6.07, 6.45) is 5.39. The summed E-state index contributed by atoms with van der Waals surface area (Å²) in [5.41, 5.74) is 0.